The van der Waals surface area contributed by atoms with E-state index in [4.69, 9.17) is 4.74 Å². The number of nitrogens with zero attached hydrogens (tertiary/aromatic N) is 3. The summed E-state index contributed by atoms with van der Waals surface area (Å²) in [5.74, 6) is -1.38. The molecule has 4 atom stereocenters. The van der Waals surface area contributed by atoms with Crippen molar-refractivity contribution in [2.24, 2.45) is 11.8 Å². The molecule has 0 unspecified atom stereocenters. The molecule has 2 N–H and O–H groups in total. The maximum atomic E-state index is 12.7. The van der Waals surface area contributed by atoms with Crippen molar-refractivity contribution in [1.29, 1.82) is 0 Å². The summed E-state index contributed by atoms with van der Waals surface area (Å²) in [6.07, 6.45) is 5.17. The molecule has 4 heterocycles. The van der Waals surface area contributed by atoms with E-state index < -0.39 is 18.0 Å². The van der Waals surface area contributed by atoms with E-state index in [0.717, 1.165) is 26.0 Å². The van der Waals surface area contributed by atoms with Crippen LogP contribution in [0.25, 0.3) is 10.4 Å². The van der Waals surface area contributed by atoms with Gasteiger partial charge >= 0.3 is 5.97 Å². The largest absolute Gasteiger partial charge is 1.00 e. The molecule has 5 rings (SSSR count). The number of ether oxygens (including phenoxy) is 1. The summed E-state index contributed by atoms with van der Waals surface area (Å²) in [5.41, 5.74) is 1.82. The molecule has 0 bridgehead atoms. The van der Waals surface area contributed by atoms with E-state index in [1.807, 2.05) is 48.3 Å². The molecule has 8 nitrogen and oxygen atoms in total. The number of aliphatic hydroxyl groups excluding tert-OH is 1. The van der Waals surface area contributed by atoms with Gasteiger partial charge in [-0.15, -0.1) is 0 Å². The zero-order valence-electron chi connectivity index (χ0n) is 19.6. The number of hydrogen-bond donors (Lipinski definition) is 2. The zero-order chi connectivity index (χ0) is 24.3. The van der Waals surface area contributed by atoms with Crippen LogP contribution in [0.2, 0.25) is 0 Å². The lowest BCUT2D eigenvalue weighted by molar-refractivity contribution is -0.721. The van der Waals surface area contributed by atoms with E-state index in [1.54, 1.807) is 25.8 Å². The number of carbonyl (C=O) groups is 2. The van der Waals surface area contributed by atoms with Gasteiger partial charge in [0.25, 0.3) is 6.33 Å². The van der Waals surface area contributed by atoms with E-state index in [1.165, 1.54) is 16.2 Å². The molecule has 1 aromatic carbocycles. The van der Waals surface area contributed by atoms with Crippen molar-refractivity contribution in [3.05, 3.63) is 52.9 Å². The molecule has 35 heavy (non-hydrogen) atoms. The van der Waals surface area contributed by atoms with Crippen LogP contribution in [0.1, 0.15) is 24.3 Å². The van der Waals surface area contributed by atoms with Crippen LogP contribution in [0.5, 0.6) is 5.75 Å². The number of β-lactam (4-membered cyclic amide) rings is 1. The zero-order valence-corrected chi connectivity index (χ0v) is 23.4. The summed E-state index contributed by atoms with van der Waals surface area (Å²) in [4.78, 5) is 28.1. The first-order valence-electron chi connectivity index (χ1n) is 11.0. The van der Waals surface area contributed by atoms with Crippen LogP contribution in [-0.4, -0.2) is 56.9 Å². The SMILES string of the molecule is COc1cccc(C[n+]2cn3cc(C4=C(C(=O)O)N5C(=O)[C@H]([C@@H](C)O)[C@H]5[C@H]4C)sc3c2SC)c1.[I-]. The Balaban J connectivity index is 0.00000289. The van der Waals surface area contributed by atoms with Crippen molar-refractivity contribution in [3.63, 3.8) is 0 Å². The number of fused-ring (bicyclic) bond motifs is 2. The molecule has 1 fully saturated rings. The number of hydrogen-bond acceptors (Lipinski definition) is 6. The topological polar surface area (TPSA) is 95.4 Å². The number of rotatable bonds is 7. The Labute approximate surface area is 228 Å². The van der Waals surface area contributed by atoms with Gasteiger partial charge in [0, 0.05) is 11.5 Å². The Morgan fingerprint density at radius 2 is 2.11 bits per heavy atom. The van der Waals surface area contributed by atoms with Crippen LogP contribution >= 0.6 is 23.1 Å². The Morgan fingerprint density at radius 3 is 2.74 bits per heavy atom. The van der Waals surface area contributed by atoms with E-state index >= 15 is 0 Å². The van der Waals surface area contributed by atoms with Crippen LogP contribution in [0.3, 0.4) is 0 Å². The highest BCUT2D eigenvalue weighted by Crippen LogP contribution is 2.51. The predicted molar refractivity (Wildman–Crippen MR) is 129 cm³/mol. The smallest absolute Gasteiger partial charge is 0.352 e. The van der Waals surface area contributed by atoms with Gasteiger partial charge in [0.1, 0.15) is 24.2 Å². The number of carbonyl (C=O) groups excluding carboxylic acids is 1. The van der Waals surface area contributed by atoms with Gasteiger partial charge in [-0.2, -0.15) is 4.40 Å². The van der Waals surface area contributed by atoms with E-state index in [-0.39, 0.29) is 47.5 Å². The molecule has 2 aromatic heterocycles. The summed E-state index contributed by atoms with van der Waals surface area (Å²) in [7, 11) is 1.65. The minimum absolute atomic E-state index is 0. The van der Waals surface area contributed by atoms with Gasteiger partial charge in [-0.3, -0.25) is 4.79 Å². The average molecular weight is 628 g/mol. The molecule has 3 aromatic rings. The van der Waals surface area contributed by atoms with E-state index in [2.05, 4.69) is 10.6 Å². The number of benzene rings is 1. The van der Waals surface area contributed by atoms with Gasteiger partial charge in [-0.1, -0.05) is 42.2 Å². The third-order valence-corrected chi connectivity index (χ3v) is 8.81. The lowest BCUT2D eigenvalue weighted by atomic mass is 9.77. The van der Waals surface area contributed by atoms with Gasteiger partial charge in [0.2, 0.25) is 15.8 Å². The number of carboxylic acids is 1. The number of thioether (sulfide) groups is 1. The second kappa shape index (κ2) is 9.75. The number of halogens is 1. The van der Waals surface area contributed by atoms with Gasteiger partial charge in [-0.25, -0.2) is 9.36 Å². The van der Waals surface area contributed by atoms with Crippen molar-refractivity contribution in [2.45, 2.75) is 37.6 Å². The summed E-state index contributed by atoms with van der Waals surface area (Å²) >= 11 is 3.16. The first kappa shape index (κ1) is 26.0. The van der Waals surface area contributed by atoms with Gasteiger partial charge in [0.15, 0.2) is 0 Å². The highest BCUT2D eigenvalue weighted by atomic mass is 127. The third kappa shape index (κ3) is 4.05. The number of aromatic nitrogens is 2. The highest BCUT2D eigenvalue weighted by Gasteiger charge is 2.60. The van der Waals surface area contributed by atoms with Crippen LogP contribution in [0, 0.1) is 11.8 Å². The molecule has 186 valence electrons. The Bertz CT molecular complexity index is 1350. The van der Waals surface area contributed by atoms with E-state index in [9.17, 15) is 19.8 Å². The van der Waals surface area contributed by atoms with Crippen molar-refractivity contribution >= 4 is 45.4 Å². The summed E-state index contributed by atoms with van der Waals surface area (Å²) in [5, 5.41) is 21.1. The molecule has 11 heteroatoms. The molecule has 0 radical (unpaired) electrons. The number of carboxylic acid groups (broad SMARTS) is 1. The molecular weight excluding hydrogens is 601 g/mol. The van der Waals surface area contributed by atoms with Crippen molar-refractivity contribution in [1.82, 2.24) is 9.30 Å². The summed E-state index contributed by atoms with van der Waals surface area (Å²) < 4.78 is 9.53. The summed E-state index contributed by atoms with van der Waals surface area (Å²) in [6.45, 7) is 4.21. The molecule has 1 saturated heterocycles. The fraction of sp³-hybridized carbons (Fsp3) is 0.375. The predicted octanol–water partition coefficient (Wildman–Crippen LogP) is -0.276. The van der Waals surface area contributed by atoms with Crippen molar-refractivity contribution in [2.75, 3.05) is 13.4 Å². The van der Waals surface area contributed by atoms with Crippen molar-refractivity contribution < 1.29 is 53.1 Å². The van der Waals surface area contributed by atoms with Crippen molar-refractivity contribution in [3.8, 4) is 5.75 Å². The standard InChI is InChI=1S/C24H25N3O5S2.HI/c1-12-17(20(24(30)31)27-19(12)18(13(2)28)21(27)29)16-10-26-11-25(22(33-4)23(26)34-16)9-14-6-5-7-15(8-14)32-3;/h5-8,10-13,18-19,28H,9H2,1-4H3;1H/t12-,13+,18+,19+;/m0./s1. The maximum absolute atomic E-state index is 12.7. The lowest BCUT2D eigenvalue weighted by Crippen LogP contribution is -3.00. The quantitative estimate of drug-likeness (QED) is 0.162. The molecule has 2 aliphatic rings. The number of methoxy groups -OCH3 is 1. The number of amides is 1. The van der Waals surface area contributed by atoms with Crippen LogP contribution in [0.4, 0.5) is 0 Å². The highest BCUT2D eigenvalue weighted by molar-refractivity contribution is 7.98. The Hall–Kier alpha value is -2.09. The number of aliphatic hydroxyl groups is 1. The molecule has 0 aliphatic carbocycles. The number of imidazole rings is 1. The Morgan fingerprint density at radius 1 is 1.37 bits per heavy atom. The first-order valence-corrected chi connectivity index (χ1v) is 13.0. The lowest BCUT2D eigenvalue weighted by Gasteiger charge is -2.46. The third-order valence-electron chi connectivity index (χ3n) is 6.73. The number of aliphatic carboxylic acids is 1. The molecular formula is C24H26IN3O5S2. The van der Waals surface area contributed by atoms with Gasteiger partial charge < -0.3 is 43.8 Å². The molecule has 0 spiro atoms. The van der Waals surface area contributed by atoms with Crippen LogP contribution in [0.15, 0.2) is 47.5 Å². The molecule has 0 saturated carbocycles. The second-order valence-corrected chi connectivity index (χ2v) is 10.6. The monoisotopic (exact) mass is 627 g/mol. The minimum atomic E-state index is -1.11. The van der Waals surface area contributed by atoms with Gasteiger partial charge in [0.05, 0.1) is 30.1 Å². The van der Waals surface area contributed by atoms with Crippen LogP contribution < -0.4 is 33.3 Å². The maximum Gasteiger partial charge on any atom is 0.352 e. The number of thiazole rings is 1. The van der Waals surface area contributed by atoms with Gasteiger partial charge in [-0.05, 0) is 30.9 Å². The fourth-order valence-electron chi connectivity index (χ4n) is 5.24. The average Bonchev–Trinajstić information content (AvgIpc) is 3.40. The van der Waals surface area contributed by atoms with E-state index in [0.29, 0.717) is 12.1 Å². The fourth-order valence-corrected chi connectivity index (χ4v) is 7.41. The molecule has 2 aliphatic heterocycles. The first-order chi connectivity index (χ1) is 16.3. The minimum Gasteiger partial charge on any atom is -1.00 e. The molecule has 1 amide bonds. The normalized spacial score (nSPS) is 22.1. The Kier molecular flexibility index (Phi) is 7.24. The van der Waals surface area contributed by atoms with Crippen LogP contribution in [-0.2, 0) is 16.1 Å². The second-order valence-electron chi connectivity index (χ2n) is 8.73. The summed E-state index contributed by atoms with van der Waals surface area (Å²) in [6, 6.07) is 7.63.